The summed E-state index contributed by atoms with van der Waals surface area (Å²) in [5, 5.41) is 37.6. The summed E-state index contributed by atoms with van der Waals surface area (Å²) >= 11 is 7.07. The first-order valence-electron chi connectivity index (χ1n) is 39.5. The fraction of sp³-hybridized carbons (Fsp3) is 0.0450. The monoisotopic (exact) mass is 1780 g/mol. The van der Waals surface area contributed by atoms with Crippen LogP contribution in [0.3, 0.4) is 0 Å². The van der Waals surface area contributed by atoms with Crippen molar-refractivity contribution in [3.8, 4) is 66.8 Å². The van der Waals surface area contributed by atoms with Gasteiger partial charge in [0, 0.05) is 70.9 Å². The van der Waals surface area contributed by atoms with Crippen molar-refractivity contribution in [2.24, 2.45) is 0 Å². The SMILES string of the molecule is Brc1ccc2c(-c3ccc4ccccc4c3)c3ccccc3c(-c3ccc4ccccc4c3)c2c1.CC(=O)O.CC(=O)O.CC1(C)c2ccccc2-c2ccc(-c3ccc4c(-c5ccc6ccccc6c5)c5ccccc5c(-c5ccc6ccccc6c5)c4c3)cc21.O=C1c2ccccc2C(=O)c2cc(Br)ccc21.[Li+].[Pd].[c-]1ccc2ccccc2c1. The van der Waals surface area contributed by atoms with E-state index in [-0.39, 0.29) is 56.3 Å². The van der Waals surface area contributed by atoms with Gasteiger partial charge in [-0.15, -0.1) is 16.8 Å². The number of carbonyl (C=O) groups excluding carboxylic acids is 2. The van der Waals surface area contributed by atoms with Crippen LogP contribution in [-0.4, -0.2) is 33.7 Å². The van der Waals surface area contributed by atoms with Crippen LogP contribution in [0.2, 0.25) is 0 Å². The number of hydrogen-bond donors (Lipinski definition) is 2. The van der Waals surface area contributed by atoms with Crippen molar-refractivity contribution in [3.05, 3.63) is 431 Å². The molecule has 0 saturated heterocycles. The van der Waals surface area contributed by atoms with Crippen molar-refractivity contribution in [3.63, 3.8) is 0 Å². The Morgan fingerprint density at radius 2 is 0.562 bits per heavy atom. The second kappa shape index (κ2) is 36.0. The van der Waals surface area contributed by atoms with E-state index in [1.54, 1.807) is 42.5 Å². The number of carboxylic acids is 2. The van der Waals surface area contributed by atoms with E-state index in [9.17, 15) is 9.59 Å². The smallest absolute Gasteiger partial charge is 0.481 e. The Kier molecular flexibility index (Phi) is 24.8. The van der Waals surface area contributed by atoms with Crippen LogP contribution in [0.15, 0.2) is 391 Å². The first-order chi connectivity index (χ1) is 57.9. The van der Waals surface area contributed by atoms with Gasteiger partial charge in [-0.3, -0.25) is 19.2 Å². The van der Waals surface area contributed by atoms with Crippen molar-refractivity contribution >= 4 is 152 Å². The Morgan fingerprint density at radius 1 is 0.273 bits per heavy atom. The van der Waals surface area contributed by atoms with Gasteiger partial charge in [-0.25, -0.2) is 0 Å². The van der Waals surface area contributed by atoms with Crippen LogP contribution in [0.25, 0.3) is 164 Å². The zero-order valence-electron chi connectivity index (χ0n) is 67.0. The number of halogens is 2. The minimum absolute atomic E-state index is 0. The number of carbonyl (C=O) groups is 4. The van der Waals surface area contributed by atoms with Crippen LogP contribution < -0.4 is 18.9 Å². The molecule has 0 aliphatic heterocycles. The minimum atomic E-state index is -0.833. The summed E-state index contributed by atoms with van der Waals surface area (Å²) in [5.74, 6) is -1.83. The van der Waals surface area contributed by atoms with Gasteiger partial charge in [0.25, 0.3) is 11.9 Å². The maximum absolute atomic E-state index is 12.2. The van der Waals surface area contributed by atoms with Crippen LogP contribution in [0.5, 0.6) is 0 Å². The molecule has 0 amide bonds. The van der Waals surface area contributed by atoms with E-state index >= 15 is 0 Å². The number of aliphatic carboxylic acids is 2. The summed E-state index contributed by atoms with van der Waals surface area (Å²) in [4.78, 5) is 42.4. The standard InChI is InChI=1S/C49H34.C34H21Br.C14H7BrO2.C10H7.2C2H4O2.Li.Pd/c1-49(2)45-18-10-9-15-39(45)40-25-23-36(30-46(40)49)35-24-26-43-44(29-35)48(38-22-20-32-12-4-6-14-34(32)28-38)42-17-8-7-16-41(42)47(43)37-21-19-31-11-3-5-13-33(31)27-37;35-28-17-18-31-32(21-28)34(27-16-14-23-8-2-4-10-25(23)20-27)30-12-6-5-11-29(30)33(31)26-15-13-22-7-1-3-9-24(22)19-26;15-8-5-6-11-12(7-8)14(17)10-4-2-1-3-9(10)13(11)16;1-2-6-10-8-4-3-7-9(10)5-1;2*1-2(3)4;;/h3-30H,1-2H3;1-21H;1-7H;1-3,5-8H;2*1H3,(H,3,4);;/q;;;-1;;;+1;. The zero-order chi connectivity index (χ0) is 82.0. The predicted octanol–water partition coefficient (Wildman–Crippen LogP) is 27.1. The second-order valence-electron chi connectivity index (χ2n) is 30.4. The summed E-state index contributed by atoms with van der Waals surface area (Å²) in [5.41, 5.74) is 20.0. The van der Waals surface area contributed by atoms with Gasteiger partial charge in [0.15, 0.2) is 11.6 Å². The van der Waals surface area contributed by atoms with Crippen molar-refractivity contribution in [2.75, 3.05) is 0 Å². The number of ketones is 2. The normalized spacial score (nSPS) is 11.8. The summed E-state index contributed by atoms with van der Waals surface area (Å²) in [6.45, 7) is 6.89. The summed E-state index contributed by atoms with van der Waals surface area (Å²) < 4.78 is 1.89. The fourth-order valence-corrected chi connectivity index (χ4v) is 17.9. The molecule has 2 N–H and O–H groups in total. The summed E-state index contributed by atoms with van der Waals surface area (Å²) in [6.07, 6.45) is 0. The molecule has 582 valence electrons. The van der Waals surface area contributed by atoms with Crippen molar-refractivity contribution in [2.45, 2.75) is 33.1 Å². The van der Waals surface area contributed by atoms with E-state index in [4.69, 9.17) is 19.8 Å². The van der Waals surface area contributed by atoms with Crippen LogP contribution in [0.4, 0.5) is 0 Å². The van der Waals surface area contributed by atoms with E-state index in [2.05, 4.69) is 367 Å². The van der Waals surface area contributed by atoms with E-state index in [0.29, 0.717) is 22.3 Å². The van der Waals surface area contributed by atoms with E-state index < -0.39 is 11.9 Å². The van der Waals surface area contributed by atoms with Gasteiger partial charge >= 0.3 is 18.9 Å². The molecule has 2 aliphatic rings. The Hall–Kier alpha value is -12.8. The summed E-state index contributed by atoms with van der Waals surface area (Å²) in [7, 11) is 0. The molecule has 2 aliphatic carbocycles. The third-order valence-corrected chi connectivity index (χ3v) is 23.5. The molecule has 0 heterocycles. The predicted molar refractivity (Wildman–Crippen MR) is 502 cm³/mol. The van der Waals surface area contributed by atoms with E-state index in [1.807, 2.05) is 24.3 Å². The molecule has 0 fully saturated rings. The molecular weight excluding hydrogens is 1700 g/mol. The molecule has 0 radical (unpaired) electrons. The molecule has 0 bridgehead atoms. The average molecular weight is 1780 g/mol. The van der Waals surface area contributed by atoms with Gasteiger partial charge in [0.05, 0.1) is 0 Å². The molecule has 0 spiro atoms. The first-order valence-corrected chi connectivity index (χ1v) is 41.1. The van der Waals surface area contributed by atoms with Crippen molar-refractivity contribution < 1.29 is 68.7 Å². The minimum Gasteiger partial charge on any atom is -0.481 e. The number of hydrogen-bond acceptors (Lipinski definition) is 4. The number of carboxylic acid groups (broad SMARTS) is 2. The van der Waals surface area contributed by atoms with Gasteiger partial charge in [-0.1, -0.05) is 337 Å². The third kappa shape index (κ3) is 16.9. The van der Waals surface area contributed by atoms with Crippen LogP contribution >= 0.6 is 31.9 Å². The molecule has 0 unspecified atom stereocenters. The quantitative estimate of drug-likeness (QED) is 0.101. The zero-order valence-corrected chi connectivity index (χ0v) is 71.7. The molecule has 0 aromatic heterocycles. The van der Waals surface area contributed by atoms with Crippen molar-refractivity contribution in [1.82, 2.24) is 0 Å². The summed E-state index contributed by atoms with van der Waals surface area (Å²) in [6, 6.07) is 139. The van der Waals surface area contributed by atoms with Gasteiger partial charge < -0.3 is 10.2 Å². The first kappa shape index (κ1) is 83.3. The Labute approximate surface area is 744 Å². The fourth-order valence-electron chi connectivity index (χ4n) is 17.2. The van der Waals surface area contributed by atoms with Crippen molar-refractivity contribution in [1.29, 1.82) is 0 Å². The molecule has 6 nitrogen and oxygen atoms in total. The maximum atomic E-state index is 12.2. The molecular formula is C111H77Br2LiO6Pd. The Balaban J connectivity index is 0.000000136. The molecule has 10 heteroatoms. The molecule has 20 aromatic carbocycles. The largest absolute Gasteiger partial charge is 1.00 e. The Bertz CT molecular complexity index is 7390. The Morgan fingerprint density at radius 3 is 1.01 bits per heavy atom. The second-order valence-corrected chi connectivity index (χ2v) is 32.3. The number of fused-ring (bicyclic) bond motifs is 14. The van der Waals surface area contributed by atoms with E-state index in [1.165, 1.54) is 175 Å². The van der Waals surface area contributed by atoms with Gasteiger partial charge in [-0.2, -0.15) is 24.3 Å². The maximum Gasteiger partial charge on any atom is 1.00 e. The van der Waals surface area contributed by atoms with Gasteiger partial charge in [-0.05, 0) is 231 Å². The molecule has 0 saturated carbocycles. The average Bonchev–Trinajstić information content (AvgIpc) is 1.30. The van der Waals surface area contributed by atoms with Gasteiger partial charge in [0.1, 0.15) is 0 Å². The van der Waals surface area contributed by atoms with Crippen LogP contribution in [0.1, 0.15) is 70.7 Å². The number of benzene rings is 20. The molecule has 22 rings (SSSR count). The third-order valence-electron chi connectivity index (χ3n) is 22.6. The van der Waals surface area contributed by atoms with Crippen LogP contribution in [0, 0.1) is 6.07 Å². The topological polar surface area (TPSA) is 109 Å². The molecule has 121 heavy (non-hydrogen) atoms. The van der Waals surface area contributed by atoms with Crippen LogP contribution in [-0.2, 0) is 35.4 Å². The molecule has 20 aromatic rings. The van der Waals surface area contributed by atoms with E-state index in [0.717, 1.165) is 22.8 Å². The number of rotatable bonds is 5. The van der Waals surface area contributed by atoms with Gasteiger partial charge in [0.2, 0.25) is 0 Å². The molecule has 0 atom stereocenters.